The van der Waals surface area contributed by atoms with Crippen molar-refractivity contribution in [3.63, 3.8) is 0 Å². The maximum atomic E-state index is 13.4. The largest absolute Gasteiger partial charge is 0.507 e. The van der Waals surface area contributed by atoms with E-state index < -0.39 is 23.7 Å². The predicted molar refractivity (Wildman–Crippen MR) is 136 cm³/mol. The van der Waals surface area contributed by atoms with E-state index in [0.717, 1.165) is 16.2 Å². The van der Waals surface area contributed by atoms with Crippen molar-refractivity contribution in [3.05, 3.63) is 82.7 Å². The number of pyridine rings is 1. The molecule has 3 aromatic rings. The standard InChI is InChI=1S/C26H23N3O7S/c1-5-12-36-25(33)23-14(2)28-26(37-23)29-20(16-6-7-17(34-3)18(13-16)35-4)19(22(31)24(29)32)21(30)15-8-10-27-11-9-15/h5-11,13,20,30H,1,12H2,2-4H3/b21-19+. The quantitative estimate of drug-likeness (QED) is 0.155. The van der Waals surface area contributed by atoms with E-state index in [-0.39, 0.29) is 27.9 Å². The number of ketones is 1. The number of aliphatic hydroxyl groups excluding tert-OH is 1. The highest BCUT2D eigenvalue weighted by atomic mass is 32.1. The van der Waals surface area contributed by atoms with Gasteiger partial charge in [-0.3, -0.25) is 19.5 Å². The second-order valence-corrected chi connectivity index (χ2v) is 8.80. The molecule has 1 unspecified atom stereocenters. The van der Waals surface area contributed by atoms with Crippen LogP contribution in [0.3, 0.4) is 0 Å². The van der Waals surface area contributed by atoms with Crippen LogP contribution in [0.4, 0.5) is 5.13 Å². The van der Waals surface area contributed by atoms with Gasteiger partial charge in [0.25, 0.3) is 5.78 Å². The van der Waals surface area contributed by atoms with Crippen molar-refractivity contribution in [2.45, 2.75) is 13.0 Å². The van der Waals surface area contributed by atoms with Gasteiger partial charge in [0.05, 0.1) is 31.5 Å². The number of rotatable bonds is 8. The number of ether oxygens (including phenoxy) is 3. The summed E-state index contributed by atoms with van der Waals surface area (Å²) in [5, 5.41) is 11.3. The molecule has 1 fully saturated rings. The molecule has 37 heavy (non-hydrogen) atoms. The molecule has 1 aliphatic heterocycles. The van der Waals surface area contributed by atoms with Gasteiger partial charge in [0.1, 0.15) is 17.2 Å². The fourth-order valence-electron chi connectivity index (χ4n) is 3.91. The zero-order chi connectivity index (χ0) is 26.7. The molecule has 1 N–H and O–H groups in total. The summed E-state index contributed by atoms with van der Waals surface area (Å²) in [5.74, 6) is -2.01. The first-order valence-electron chi connectivity index (χ1n) is 11.0. The van der Waals surface area contributed by atoms with E-state index in [9.17, 15) is 19.5 Å². The van der Waals surface area contributed by atoms with Crippen molar-refractivity contribution >= 4 is 39.9 Å². The monoisotopic (exact) mass is 521 g/mol. The molecule has 1 aliphatic rings. The van der Waals surface area contributed by atoms with E-state index >= 15 is 0 Å². The summed E-state index contributed by atoms with van der Waals surface area (Å²) in [7, 11) is 2.94. The normalized spacial score (nSPS) is 16.5. The van der Waals surface area contributed by atoms with Crippen molar-refractivity contribution in [1.82, 2.24) is 9.97 Å². The number of amides is 1. The summed E-state index contributed by atoms with van der Waals surface area (Å²) in [5.41, 5.74) is 0.946. The summed E-state index contributed by atoms with van der Waals surface area (Å²) in [6.45, 7) is 5.13. The molecule has 10 nitrogen and oxygen atoms in total. The molecule has 0 radical (unpaired) electrons. The van der Waals surface area contributed by atoms with Gasteiger partial charge in [-0.15, -0.1) is 0 Å². The third kappa shape index (κ3) is 4.68. The van der Waals surface area contributed by atoms with Gasteiger partial charge < -0.3 is 19.3 Å². The van der Waals surface area contributed by atoms with Crippen LogP contribution >= 0.6 is 11.3 Å². The summed E-state index contributed by atoms with van der Waals surface area (Å²) in [6.07, 6.45) is 4.35. The van der Waals surface area contributed by atoms with Crippen molar-refractivity contribution in [3.8, 4) is 11.5 Å². The van der Waals surface area contributed by atoms with Gasteiger partial charge in [0.2, 0.25) is 0 Å². The third-order valence-corrected chi connectivity index (χ3v) is 6.77. The zero-order valence-corrected chi connectivity index (χ0v) is 21.1. The van der Waals surface area contributed by atoms with Crippen LogP contribution in [0.5, 0.6) is 11.5 Å². The smallest absolute Gasteiger partial charge is 0.350 e. The maximum absolute atomic E-state index is 13.4. The van der Waals surface area contributed by atoms with Gasteiger partial charge >= 0.3 is 11.9 Å². The summed E-state index contributed by atoms with van der Waals surface area (Å²) in [4.78, 5) is 48.9. The van der Waals surface area contributed by atoms with E-state index in [1.54, 1.807) is 25.1 Å². The lowest BCUT2D eigenvalue weighted by Gasteiger charge is -2.23. The Morgan fingerprint density at radius 3 is 2.51 bits per heavy atom. The molecule has 190 valence electrons. The second kappa shape index (κ2) is 10.6. The first-order valence-corrected chi connectivity index (χ1v) is 11.8. The first-order chi connectivity index (χ1) is 17.8. The van der Waals surface area contributed by atoms with Gasteiger partial charge in [0, 0.05) is 18.0 Å². The summed E-state index contributed by atoms with van der Waals surface area (Å²) >= 11 is 0.909. The number of Topliss-reactive ketones (excluding diaryl/α,β-unsaturated/α-hetero) is 1. The number of benzene rings is 1. The Balaban J connectivity index is 1.92. The molecule has 2 aromatic heterocycles. The van der Waals surface area contributed by atoms with Crippen LogP contribution in [-0.2, 0) is 14.3 Å². The average molecular weight is 522 g/mol. The lowest BCUT2D eigenvalue weighted by atomic mass is 9.95. The highest BCUT2D eigenvalue weighted by molar-refractivity contribution is 7.17. The molecular formula is C26H23N3O7S. The van der Waals surface area contributed by atoms with Crippen LogP contribution in [0.2, 0.25) is 0 Å². The number of carbonyl (C=O) groups is 3. The fraction of sp³-hybridized carbons (Fsp3) is 0.192. The number of methoxy groups -OCH3 is 2. The van der Waals surface area contributed by atoms with Crippen LogP contribution in [0, 0.1) is 6.92 Å². The number of esters is 1. The molecule has 11 heteroatoms. The van der Waals surface area contributed by atoms with E-state index in [2.05, 4.69) is 16.5 Å². The Bertz CT molecular complexity index is 1410. The van der Waals surface area contributed by atoms with E-state index in [1.165, 1.54) is 44.8 Å². The van der Waals surface area contributed by atoms with Gasteiger partial charge in [-0.1, -0.05) is 30.1 Å². The van der Waals surface area contributed by atoms with Gasteiger partial charge in [0.15, 0.2) is 16.6 Å². The number of aliphatic hydroxyl groups is 1. The number of thiazole rings is 1. The number of hydrogen-bond donors (Lipinski definition) is 1. The Kier molecular flexibility index (Phi) is 7.35. The number of nitrogens with zero attached hydrogens (tertiary/aromatic N) is 3. The number of hydrogen-bond acceptors (Lipinski definition) is 10. The van der Waals surface area contributed by atoms with Gasteiger partial charge in [-0.2, -0.15) is 0 Å². The molecule has 1 amide bonds. The second-order valence-electron chi connectivity index (χ2n) is 7.82. The fourth-order valence-corrected chi connectivity index (χ4v) is 4.90. The SMILES string of the molecule is C=CCOC(=O)c1sc(N2C(=O)C(=O)/C(=C(/O)c3ccncc3)C2c2ccc(OC)c(OC)c2)nc1C. The van der Waals surface area contributed by atoms with E-state index in [1.807, 2.05) is 0 Å². The molecule has 1 saturated heterocycles. The Labute approximate surface area is 216 Å². The number of aromatic nitrogens is 2. The first kappa shape index (κ1) is 25.6. The molecule has 1 aromatic carbocycles. The zero-order valence-electron chi connectivity index (χ0n) is 20.3. The van der Waals surface area contributed by atoms with Crippen LogP contribution in [-0.4, -0.2) is 53.6 Å². The van der Waals surface area contributed by atoms with Crippen molar-refractivity contribution in [2.75, 3.05) is 25.7 Å². The van der Waals surface area contributed by atoms with Crippen LogP contribution in [0.1, 0.15) is 32.5 Å². The lowest BCUT2D eigenvalue weighted by Crippen LogP contribution is -2.29. The van der Waals surface area contributed by atoms with E-state index in [4.69, 9.17) is 14.2 Å². The summed E-state index contributed by atoms with van der Waals surface area (Å²) in [6, 6.07) is 6.87. The topological polar surface area (TPSA) is 128 Å². The highest BCUT2D eigenvalue weighted by Crippen LogP contribution is 2.45. The Morgan fingerprint density at radius 2 is 1.86 bits per heavy atom. The van der Waals surface area contributed by atoms with Gasteiger partial charge in [-0.25, -0.2) is 9.78 Å². The molecule has 3 heterocycles. The molecule has 4 rings (SSSR count). The van der Waals surface area contributed by atoms with Crippen molar-refractivity contribution in [1.29, 1.82) is 0 Å². The summed E-state index contributed by atoms with van der Waals surface area (Å²) < 4.78 is 15.9. The lowest BCUT2D eigenvalue weighted by molar-refractivity contribution is -0.132. The van der Waals surface area contributed by atoms with E-state index in [0.29, 0.717) is 28.3 Å². The molecular weight excluding hydrogens is 498 g/mol. The predicted octanol–water partition coefficient (Wildman–Crippen LogP) is 3.83. The minimum atomic E-state index is -1.07. The van der Waals surface area contributed by atoms with Gasteiger partial charge in [-0.05, 0) is 36.8 Å². The molecule has 1 atom stereocenters. The molecule has 0 bridgehead atoms. The average Bonchev–Trinajstić information content (AvgIpc) is 3.43. The minimum Gasteiger partial charge on any atom is -0.507 e. The molecule has 0 saturated carbocycles. The highest BCUT2D eigenvalue weighted by Gasteiger charge is 2.48. The number of carbonyl (C=O) groups excluding carboxylic acids is 3. The maximum Gasteiger partial charge on any atom is 0.350 e. The Morgan fingerprint density at radius 1 is 1.16 bits per heavy atom. The van der Waals surface area contributed by atoms with Crippen LogP contribution < -0.4 is 14.4 Å². The van der Waals surface area contributed by atoms with Crippen molar-refractivity contribution < 1.29 is 33.7 Å². The number of aryl methyl sites for hydroxylation is 1. The number of anilines is 1. The Hall–Kier alpha value is -4.51. The third-order valence-electron chi connectivity index (χ3n) is 5.63. The van der Waals surface area contributed by atoms with Crippen molar-refractivity contribution in [2.24, 2.45) is 0 Å². The molecule has 0 aliphatic carbocycles. The minimum absolute atomic E-state index is 0.00754. The van der Waals surface area contributed by atoms with Crippen LogP contribution in [0.25, 0.3) is 5.76 Å². The van der Waals surface area contributed by atoms with Crippen LogP contribution in [0.15, 0.2) is 61.0 Å². The molecule has 0 spiro atoms.